The molecule has 1 rings (SSSR count). The summed E-state index contributed by atoms with van der Waals surface area (Å²) in [6, 6.07) is 8.80. The van der Waals surface area contributed by atoms with Gasteiger partial charge in [-0.2, -0.15) is 0 Å². The van der Waals surface area contributed by atoms with Crippen molar-refractivity contribution in [3.63, 3.8) is 0 Å². The number of hydrogen-bond acceptors (Lipinski definition) is 4. The van der Waals surface area contributed by atoms with Gasteiger partial charge in [0.1, 0.15) is 6.04 Å². The molecule has 0 bridgehead atoms. The molecule has 1 aromatic carbocycles. The van der Waals surface area contributed by atoms with Gasteiger partial charge in [0, 0.05) is 6.42 Å². The van der Waals surface area contributed by atoms with Crippen LogP contribution in [0.5, 0.6) is 0 Å². The van der Waals surface area contributed by atoms with Crippen LogP contribution in [0.15, 0.2) is 30.3 Å². The fourth-order valence-electron chi connectivity index (χ4n) is 2.75. The summed E-state index contributed by atoms with van der Waals surface area (Å²) in [5.74, 6) is -0.415. The Hall–Kier alpha value is -2.04. The highest BCUT2D eigenvalue weighted by Gasteiger charge is 2.23. The molecule has 0 saturated heterocycles. The van der Waals surface area contributed by atoms with E-state index in [0.29, 0.717) is 13.0 Å². The van der Waals surface area contributed by atoms with Crippen LogP contribution < -0.4 is 5.32 Å². The van der Waals surface area contributed by atoms with Gasteiger partial charge in [0.2, 0.25) is 0 Å². The second-order valence-corrected chi connectivity index (χ2v) is 6.52. The lowest BCUT2D eigenvalue weighted by Gasteiger charge is -2.17. The largest absolute Gasteiger partial charge is 0.464 e. The molecule has 0 spiro atoms. The summed E-state index contributed by atoms with van der Waals surface area (Å²) in [5.41, 5.74) is 0.956. The standard InChI is InChI=1S/C21H33NO4/c1-3-4-5-6-7-8-9-13-16-26-20(23)19(22-21(24)25-2)17-18-14-11-10-12-15-18/h10-12,14-15,19H,3-9,13,16-17H2,1-2H3,(H,22,24)/t19-/m0/s1. The molecule has 146 valence electrons. The molecule has 0 fully saturated rings. The summed E-state index contributed by atoms with van der Waals surface area (Å²) in [6.07, 6.45) is 9.27. The lowest BCUT2D eigenvalue weighted by atomic mass is 10.1. The monoisotopic (exact) mass is 363 g/mol. The molecule has 0 unspecified atom stereocenters. The zero-order valence-corrected chi connectivity index (χ0v) is 16.2. The predicted octanol–water partition coefficient (Wildman–Crippen LogP) is 4.64. The zero-order valence-electron chi connectivity index (χ0n) is 16.2. The number of alkyl carbamates (subject to hydrolysis) is 1. The summed E-state index contributed by atoms with van der Waals surface area (Å²) in [5, 5.41) is 2.56. The van der Waals surface area contributed by atoms with Crippen molar-refractivity contribution in [1.29, 1.82) is 0 Å². The number of rotatable bonds is 13. The number of carbonyl (C=O) groups is 2. The maximum atomic E-state index is 12.3. The number of methoxy groups -OCH3 is 1. The van der Waals surface area contributed by atoms with Gasteiger partial charge in [-0.3, -0.25) is 0 Å². The van der Waals surface area contributed by atoms with Crippen molar-refractivity contribution in [1.82, 2.24) is 5.32 Å². The van der Waals surface area contributed by atoms with Crippen molar-refractivity contribution in [3.8, 4) is 0 Å². The van der Waals surface area contributed by atoms with Crippen LogP contribution >= 0.6 is 0 Å². The molecule has 5 nitrogen and oxygen atoms in total. The lowest BCUT2D eigenvalue weighted by Crippen LogP contribution is -2.43. The van der Waals surface area contributed by atoms with Crippen molar-refractivity contribution in [2.45, 2.75) is 70.8 Å². The average molecular weight is 363 g/mol. The minimum absolute atomic E-state index is 0.381. The Kier molecular flexibility index (Phi) is 12.0. The van der Waals surface area contributed by atoms with E-state index in [1.807, 2.05) is 30.3 Å². The van der Waals surface area contributed by atoms with Gasteiger partial charge in [-0.1, -0.05) is 82.2 Å². The van der Waals surface area contributed by atoms with Crippen LogP contribution in [0.3, 0.4) is 0 Å². The smallest absolute Gasteiger partial charge is 0.407 e. The molecule has 1 aromatic rings. The first-order valence-corrected chi connectivity index (χ1v) is 9.72. The Morgan fingerprint density at radius 1 is 0.962 bits per heavy atom. The third-order valence-corrected chi connectivity index (χ3v) is 4.29. The number of esters is 1. The first kappa shape index (κ1) is 22.0. The Morgan fingerprint density at radius 3 is 2.19 bits per heavy atom. The van der Waals surface area contributed by atoms with Crippen LogP contribution in [0.1, 0.15) is 63.9 Å². The normalized spacial score (nSPS) is 11.6. The van der Waals surface area contributed by atoms with Gasteiger partial charge in [-0.05, 0) is 12.0 Å². The van der Waals surface area contributed by atoms with Crippen LogP contribution in [0.4, 0.5) is 4.79 Å². The number of nitrogens with one attached hydrogen (secondary N) is 1. The molecule has 0 aliphatic rings. The number of hydrogen-bond donors (Lipinski definition) is 1. The Bertz CT molecular complexity index is 504. The van der Waals surface area contributed by atoms with E-state index in [4.69, 9.17) is 4.74 Å². The third kappa shape index (κ3) is 10.1. The molecule has 1 amide bonds. The Morgan fingerprint density at radius 2 is 1.58 bits per heavy atom. The fourth-order valence-corrected chi connectivity index (χ4v) is 2.75. The quantitative estimate of drug-likeness (QED) is 0.410. The number of amides is 1. The van der Waals surface area contributed by atoms with Crippen molar-refractivity contribution >= 4 is 12.1 Å². The van der Waals surface area contributed by atoms with Crippen LogP contribution in [-0.2, 0) is 20.7 Å². The van der Waals surface area contributed by atoms with Gasteiger partial charge in [-0.15, -0.1) is 0 Å². The van der Waals surface area contributed by atoms with E-state index in [9.17, 15) is 9.59 Å². The van der Waals surface area contributed by atoms with Crippen LogP contribution in [0.2, 0.25) is 0 Å². The molecule has 0 radical (unpaired) electrons. The minimum atomic E-state index is -0.737. The number of unbranched alkanes of at least 4 members (excludes halogenated alkanes) is 7. The summed E-state index contributed by atoms with van der Waals surface area (Å²) in [7, 11) is 1.28. The molecule has 1 atom stereocenters. The second kappa shape index (κ2) is 14.2. The second-order valence-electron chi connectivity index (χ2n) is 6.52. The summed E-state index contributed by atoms with van der Waals surface area (Å²) in [4.78, 5) is 23.8. The van der Waals surface area contributed by atoms with Crippen LogP contribution in [-0.4, -0.2) is 31.8 Å². The van der Waals surface area contributed by atoms with Crippen molar-refractivity contribution in [2.24, 2.45) is 0 Å². The molecule has 1 N–H and O–H groups in total. The number of ether oxygens (including phenoxy) is 2. The molecule has 5 heteroatoms. The van der Waals surface area contributed by atoms with Crippen molar-refractivity contribution < 1.29 is 19.1 Å². The molecule has 26 heavy (non-hydrogen) atoms. The summed E-state index contributed by atoms with van der Waals surface area (Å²) < 4.78 is 9.97. The highest BCUT2D eigenvalue weighted by Crippen LogP contribution is 2.09. The van der Waals surface area contributed by atoms with Gasteiger partial charge < -0.3 is 14.8 Å². The Balaban J connectivity index is 2.30. The van der Waals surface area contributed by atoms with E-state index in [-0.39, 0.29) is 0 Å². The highest BCUT2D eigenvalue weighted by atomic mass is 16.5. The Labute approximate surface area is 157 Å². The summed E-state index contributed by atoms with van der Waals surface area (Å²) >= 11 is 0. The highest BCUT2D eigenvalue weighted by molar-refractivity contribution is 5.81. The maximum absolute atomic E-state index is 12.3. The summed E-state index contributed by atoms with van der Waals surface area (Å²) in [6.45, 7) is 2.61. The minimum Gasteiger partial charge on any atom is -0.464 e. The van der Waals surface area contributed by atoms with Gasteiger partial charge in [0.05, 0.1) is 13.7 Å². The lowest BCUT2D eigenvalue weighted by molar-refractivity contribution is -0.146. The van der Waals surface area contributed by atoms with E-state index in [1.165, 1.54) is 45.6 Å². The van der Waals surface area contributed by atoms with Crippen molar-refractivity contribution in [2.75, 3.05) is 13.7 Å². The first-order chi connectivity index (χ1) is 12.7. The predicted molar refractivity (Wildman–Crippen MR) is 103 cm³/mol. The number of benzene rings is 1. The molecule has 0 aliphatic heterocycles. The van der Waals surface area contributed by atoms with E-state index in [0.717, 1.165) is 18.4 Å². The van der Waals surface area contributed by atoms with Gasteiger partial charge >= 0.3 is 12.1 Å². The SMILES string of the molecule is CCCCCCCCCCOC(=O)[C@H](Cc1ccccc1)NC(=O)OC. The maximum Gasteiger partial charge on any atom is 0.407 e. The average Bonchev–Trinajstić information content (AvgIpc) is 2.66. The molecule has 0 aromatic heterocycles. The topological polar surface area (TPSA) is 64.6 Å². The first-order valence-electron chi connectivity index (χ1n) is 9.72. The molecular weight excluding hydrogens is 330 g/mol. The molecular formula is C21H33NO4. The van der Waals surface area contributed by atoms with Crippen LogP contribution in [0, 0.1) is 0 Å². The fraction of sp³-hybridized carbons (Fsp3) is 0.619. The van der Waals surface area contributed by atoms with Gasteiger partial charge in [0.15, 0.2) is 0 Å². The van der Waals surface area contributed by atoms with E-state index in [1.54, 1.807) is 0 Å². The van der Waals surface area contributed by atoms with Gasteiger partial charge in [0.25, 0.3) is 0 Å². The van der Waals surface area contributed by atoms with E-state index >= 15 is 0 Å². The van der Waals surface area contributed by atoms with Crippen molar-refractivity contribution in [3.05, 3.63) is 35.9 Å². The zero-order chi connectivity index (χ0) is 19.0. The molecule has 0 heterocycles. The van der Waals surface area contributed by atoms with E-state index in [2.05, 4.69) is 17.0 Å². The third-order valence-electron chi connectivity index (χ3n) is 4.29. The van der Waals surface area contributed by atoms with E-state index < -0.39 is 18.1 Å². The molecule has 0 saturated carbocycles. The molecule has 0 aliphatic carbocycles. The van der Waals surface area contributed by atoms with Gasteiger partial charge in [-0.25, -0.2) is 9.59 Å². The van der Waals surface area contributed by atoms with Crippen LogP contribution in [0.25, 0.3) is 0 Å². The number of carbonyl (C=O) groups excluding carboxylic acids is 2.